The summed E-state index contributed by atoms with van der Waals surface area (Å²) < 4.78 is 16.0. The van der Waals surface area contributed by atoms with Crippen molar-refractivity contribution in [2.75, 3.05) is 31.2 Å². The van der Waals surface area contributed by atoms with E-state index in [1.807, 2.05) is 24.0 Å². The Morgan fingerprint density at radius 3 is 2.88 bits per heavy atom. The molecule has 3 aromatic rings. The summed E-state index contributed by atoms with van der Waals surface area (Å²) in [6.07, 6.45) is 1.41. The number of aromatic nitrogens is 3. The van der Waals surface area contributed by atoms with Crippen LogP contribution in [0.25, 0.3) is 11.1 Å². The van der Waals surface area contributed by atoms with Crippen LogP contribution in [0.2, 0.25) is 0 Å². The number of rotatable bonds is 4. The Balaban J connectivity index is 1.61. The molecule has 0 aromatic carbocycles. The molecule has 0 unspecified atom stereocenters. The van der Waals surface area contributed by atoms with Crippen LogP contribution in [0, 0.1) is 6.92 Å². The summed E-state index contributed by atoms with van der Waals surface area (Å²) >= 11 is 0. The monoisotopic (exact) mass is 343 g/mol. The molecule has 3 aromatic heterocycles. The van der Waals surface area contributed by atoms with E-state index in [1.165, 1.54) is 6.33 Å². The van der Waals surface area contributed by atoms with Gasteiger partial charge in [0.1, 0.15) is 29.1 Å². The Kier molecular flexibility index (Phi) is 4.06. The van der Waals surface area contributed by atoms with Crippen LogP contribution in [0.4, 0.5) is 5.82 Å². The highest BCUT2D eigenvalue weighted by Gasteiger charge is 2.25. The maximum Gasteiger partial charge on any atom is 0.274 e. The fourth-order valence-corrected chi connectivity index (χ4v) is 2.77. The van der Waals surface area contributed by atoms with Gasteiger partial charge in [0, 0.05) is 13.1 Å². The molecule has 0 atom stereocenters. The highest BCUT2D eigenvalue weighted by molar-refractivity contribution is 6.07. The molecule has 1 aliphatic rings. The summed E-state index contributed by atoms with van der Waals surface area (Å²) in [7, 11) is 0. The lowest BCUT2D eigenvalue weighted by molar-refractivity contribution is 0.0940. The lowest BCUT2D eigenvalue weighted by Crippen LogP contribution is -2.37. The lowest BCUT2D eigenvalue weighted by Gasteiger charge is -2.27. The number of fused-ring (bicyclic) bond motifs is 1. The number of hydrogen-bond acceptors (Lipinski definition) is 8. The number of ether oxygens (including phenoxy) is 1. The van der Waals surface area contributed by atoms with Gasteiger partial charge in [-0.1, -0.05) is 5.16 Å². The molecule has 4 rings (SSSR count). The predicted molar refractivity (Wildman–Crippen MR) is 87.2 cm³/mol. The smallest absolute Gasteiger partial charge is 0.274 e. The molecule has 1 fully saturated rings. The third kappa shape index (κ3) is 3.05. The molecule has 0 aliphatic carbocycles. The second-order valence-electron chi connectivity index (χ2n) is 5.70. The number of anilines is 1. The van der Waals surface area contributed by atoms with E-state index in [-0.39, 0.29) is 23.9 Å². The molecule has 130 valence electrons. The minimum atomic E-state index is -0.364. The normalized spacial score (nSPS) is 14.8. The van der Waals surface area contributed by atoms with Crippen LogP contribution >= 0.6 is 0 Å². The Morgan fingerprint density at radius 2 is 2.12 bits per heavy atom. The first-order chi connectivity index (χ1) is 12.2. The van der Waals surface area contributed by atoms with Crippen molar-refractivity contribution in [1.82, 2.24) is 20.4 Å². The number of furan rings is 1. The standard InChI is InChI=1S/C16H17N5O4/c1-10-2-3-11(24-10)8-17-15(22)13-12-14(21-4-6-23-7-5-21)18-9-19-16(12)25-20-13/h2-3,9H,4-8H2,1H3,(H,17,22). The van der Waals surface area contributed by atoms with Crippen molar-refractivity contribution in [2.45, 2.75) is 13.5 Å². The molecular weight excluding hydrogens is 326 g/mol. The van der Waals surface area contributed by atoms with E-state index >= 15 is 0 Å². The van der Waals surface area contributed by atoms with Gasteiger partial charge >= 0.3 is 0 Å². The SMILES string of the molecule is Cc1ccc(CNC(=O)c2noc3ncnc(N4CCOCC4)c23)o1. The second kappa shape index (κ2) is 6.52. The molecule has 0 radical (unpaired) electrons. The highest BCUT2D eigenvalue weighted by Crippen LogP contribution is 2.27. The number of hydrogen-bond donors (Lipinski definition) is 1. The van der Waals surface area contributed by atoms with Gasteiger partial charge in [-0.25, -0.2) is 4.98 Å². The summed E-state index contributed by atoms with van der Waals surface area (Å²) in [5, 5.41) is 7.18. The predicted octanol–water partition coefficient (Wildman–Crippen LogP) is 1.29. The molecule has 1 amide bonds. The number of nitrogens with zero attached hydrogens (tertiary/aromatic N) is 4. The van der Waals surface area contributed by atoms with Gasteiger partial charge in [-0.05, 0) is 19.1 Å². The molecule has 1 N–H and O–H groups in total. The van der Waals surface area contributed by atoms with E-state index in [9.17, 15) is 4.79 Å². The molecule has 0 bridgehead atoms. The van der Waals surface area contributed by atoms with E-state index in [0.29, 0.717) is 43.3 Å². The van der Waals surface area contributed by atoms with Crippen LogP contribution in [-0.4, -0.2) is 47.3 Å². The zero-order valence-corrected chi connectivity index (χ0v) is 13.7. The average molecular weight is 343 g/mol. The Bertz CT molecular complexity index is 897. The van der Waals surface area contributed by atoms with E-state index in [1.54, 1.807) is 0 Å². The first-order valence-electron chi connectivity index (χ1n) is 7.99. The largest absolute Gasteiger partial charge is 0.465 e. The lowest BCUT2D eigenvalue weighted by atomic mass is 10.2. The van der Waals surface area contributed by atoms with E-state index in [2.05, 4.69) is 20.4 Å². The molecular formula is C16H17N5O4. The van der Waals surface area contributed by atoms with Gasteiger partial charge in [-0.3, -0.25) is 4.79 Å². The first-order valence-corrected chi connectivity index (χ1v) is 7.99. The molecule has 1 saturated heterocycles. The maximum absolute atomic E-state index is 12.6. The quantitative estimate of drug-likeness (QED) is 0.755. The molecule has 4 heterocycles. The zero-order valence-electron chi connectivity index (χ0n) is 13.7. The molecule has 0 saturated carbocycles. The van der Waals surface area contributed by atoms with Crippen molar-refractivity contribution in [3.8, 4) is 0 Å². The Morgan fingerprint density at radius 1 is 1.28 bits per heavy atom. The van der Waals surface area contributed by atoms with Crippen LogP contribution in [0.1, 0.15) is 22.0 Å². The van der Waals surface area contributed by atoms with Gasteiger partial charge in [-0.2, -0.15) is 4.98 Å². The number of carbonyl (C=O) groups is 1. The van der Waals surface area contributed by atoms with Crippen molar-refractivity contribution < 1.29 is 18.5 Å². The summed E-state index contributed by atoms with van der Waals surface area (Å²) in [6, 6.07) is 3.66. The molecule has 9 heteroatoms. The summed E-state index contributed by atoms with van der Waals surface area (Å²) in [4.78, 5) is 23.0. The molecule has 1 aliphatic heterocycles. The number of aryl methyl sites for hydroxylation is 1. The molecule has 0 spiro atoms. The molecule has 9 nitrogen and oxygen atoms in total. The zero-order chi connectivity index (χ0) is 17.2. The minimum absolute atomic E-state index is 0.167. The van der Waals surface area contributed by atoms with Gasteiger partial charge in [0.25, 0.3) is 11.6 Å². The third-order valence-electron chi connectivity index (χ3n) is 4.00. The minimum Gasteiger partial charge on any atom is -0.465 e. The Hall–Kier alpha value is -2.94. The number of morpholine rings is 1. The third-order valence-corrected chi connectivity index (χ3v) is 4.00. The van der Waals surface area contributed by atoms with Crippen LogP contribution < -0.4 is 10.2 Å². The summed E-state index contributed by atoms with van der Waals surface area (Å²) in [5.74, 6) is 1.73. The molecule has 25 heavy (non-hydrogen) atoms. The van der Waals surface area contributed by atoms with Crippen molar-refractivity contribution >= 4 is 22.8 Å². The maximum atomic E-state index is 12.6. The number of carbonyl (C=O) groups excluding carboxylic acids is 1. The van der Waals surface area contributed by atoms with Gasteiger partial charge in [0.2, 0.25) is 0 Å². The van der Waals surface area contributed by atoms with Gasteiger partial charge in [-0.15, -0.1) is 0 Å². The number of amides is 1. The summed E-state index contributed by atoms with van der Waals surface area (Å²) in [5.41, 5.74) is 0.454. The van der Waals surface area contributed by atoms with E-state index in [4.69, 9.17) is 13.7 Å². The van der Waals surface area contributed by atoms with Crippen molar-refractivity contribution in [3.05, 3.63) is 35.7 Å². The second-order valence-corrected chi connectivity index (χ2v) is 5.70. The highest BCUT2D eigenvalue weighted by atomic mass is 16.5. The number of nitrogens with one attached hydrogen (secondary N) is 1. The van der Waals surface area contributed by atoms with Crippen molar-refractivity contribution in [3.63, 3.8) is 0 Å². The average Bonchev–Trinajstić information content (AvgIpc) is 3.26. The van der Waals surface area contributed by atoms with Gasteiger partial charge in [0.05, 0.1) is 19.8 Å². The van der Waals surface area contributed by atoms with Crippen LogP contribution in [0.5, 0.6) is 0 Å². The fraction of sp³-hybridized carbons (Fsp3) is 0.375. The van der Waals surface area contributed by atoms with Gasteiger partial charge in [0.15, 0.2) is 5.69 Å². The van der Waals surface area contributed by atoms with E-state index < -0.39 is 0 Å². The van der Waals surface area contributed by atoms with Crippen molar-refractivity contribution in [1.29, 1.82) is 0 Å². The van der Waals surface area contributed by atoms with E-state index in [0.717, 1.165) is 5.76 Å². The topological polar surface area (TPSA) is 107 Å². The first kappa shape index (κ1) is 15.6. The fourth-order valence-electron chi connectivity index (χ4n) is 2.77. The van der Waals surface area contributed by atoms with Crippen LogP contribution in [0.15, 0.2) is 27.4 Å². The Labute approximate surface area is 143 Å². The van der Waals surface area contributed by atoms with Crippen LogP contribution in [-0.2, 0) is 11.3 Å². The van der Waals surface area contributed by atoms with Crippen LogP contribution in [0.3, 0.4) is 0 Å². The van der Waals surface area contributed by atoms with Gasteiger partial charge < -0.3 is 23.9 Å². The summed E-state index contributed by atoms with van der Waals surface area (Å²) in [6.45, 7) is 4.70. The van der Waals surface area contributed by atoms with Crippen molar-refractivity contribution in [2.24, 2.45) is 0 Å².